The standard InChI is InChI=1S/C12H17BrFNO2/c1-2-12(7-16,8-17)15-6-9-3-4-10(13)11(14)5-9/h3-5,15-17H,2,6-8H2,1H3. The number of hydrogen-bond acceptors (Lipinski definition) is 3. The Labute approximate surface area is 109 Å². The van der Waals surface area contributed by atoms with E-state index in [0.717, 1.165) is 5.56 Å². The van der Waals surface area contributed by atoms with E-state index in [2.05, 4.69) is 21.2 Å². The van der Waals surface area contributed by atoms with Crippen LogP contribution >= 0.6 is 15.9 Å². The van der Waals surface area contributed by atoms with Gasteiger partial charge in [-0.25, -0.2) is 4.39 Å². The molecule has 0 radical (unpaired) electrons. The van der Waals surface area contributed by atoms with Gasteiger partial charge in [0, 0.05) is 6.54 Å². The summed E-state index contributed by atoms with van der Waals surface area (Å²) in [4.78, 5) is 0. The van der Waals surface area contributed by atoms with E-state index in [4.69, 9.17) is 0 Å². The quantitative estimate of drug-likeness (QED) is 0.751. The van der Waals surface area contributed by atoms with Gasteiger partial charge in [-0.3, -0.25) is 0 Å². The average Bonchev–Trinajstić information content (AvgIpc) is 2.36. The zero-order valence-electron chi connectivity index (χ0n) is 9.71. The van der Waals surface area contributed by atoms with Crippen LogP contribution in [0.3, 0.4) is 0 Å². The molecule has 1 aromatic rings. The number of rotatable bonds is 6. The summed E-state index contributed by atoms with van der Waals surface area (Å²) in [5.41, 5.74) is 0.0641. The Morgan fingerprint density at radius 2 is 2.00 bits per heavy atom. The summed E-state index contributed by atoms with van der Waals surface area (Å²) >= 11 is 3.09. The van der Waals surface area contributed by atoms with Crippen LogP contribution in [0.5, 0.6) is 0 Å². The second kappa shape index (κ2) is 6.44. The molecule has 1 aromatic carbocycles. The predicted molar refractivity (Wildman–Crippen MR) is 68.1 cm³/mol. The van der Waals surface area contributed by atoms with Gasteiger partial charge in [-0.15, -0.1) is 0 Å². The highest BCUT2D eigenvalue weighted by atomic mass is 79.9. The smallest absolute Gasteiger partial charge is 0.137 e. The molecule has 96 valence electrons. The Balaban J connectivity index is 2.68. The lowest BCUT2D eigenvalue weighted by Gasteiger charge is -2.29. The summed E-state index contributed by atoms with van der Waals surface area (Å²) in [5.74, 6) is -0.320. The molecule has 0 saturated heterocycles. The molecule has 1 rings (SSSR count). The Morgan fingerprint density at radius 3 is 2.47 bits per heavy atom. The van der Waals surface area contributed by atoms with E-state index < -0.39 is 5.54 Å². The topological polar surface area (TPSA) is 52.5 Å². The second-order valence-corrected chi connectivity index (χ2v) is 4.91. The highest BCUT2D eigenvalue weighted by Crippen LogP contribution is 2.17. The van der Waals surface area contributed by atoms with Crippen molar-refractivity contribution in [2.75, 3.05) is 13.2 Å². The summed E-state index contributed by atoms with van der Waals surface area (Å²) in [6, 6.07) is 4.85. The number of halogens is 2. The number of benzene rings is 1. The van der Waals surface area contributed by atoms with Crippen LogP contribution in [0.25, 0.3) is 0 Å². The zero-order chi connectivity index (χ0) is 12.9. The van der Waals surface area contributed by atoms with Crippen LogP contribution in [0, 0.1) is 5.82 Å². The van der Waals surface area contributed by atoms with Crippen LogP contribution in [0.2, 0.25) is 0 Å². The molecule has 0 aliphatic heterocycles. The van der Waals surface area contributed by atoms with Gasteiger partial charge < -0.3 is 15.5 Å². The van der Waals surface area contributed by atoms with Crippen molar-refractivity contribution in [2.24, 2.45) is 0 Å². The predicted octanol–water partition coefficient (Wildman–Crippen LogP) is 1.81. The summed E-state index contributed by atoms with van der Waals surface area (Å²) in [6.45, 7) is 1.97. The summed E-state index contributed by atoms with van der Waals surface area (Å²) < 4.78 is 13.7. The first-order valence-electron chi connectivity index (χ1n) is 5.47. The lowest BCUT2D eigenvalue weighted by molar-refractivity contribution is 0.0864. The number of aliphatic hydroxyl groups is 2. The van der Waals surface area contributed by atoms with Crippen LogP contribution in [-0.4, -0.2) is 29.0 Å². The molecule has 17 heavy (non-hydrogen) atoms. The molecule has 0 fully saturated rings. The number of nitrogens with one attached hydrogen (secondary N) is 1. The molecule has 5 heteroatoms. The van der Waals surface area contributed by atoms with E-state index in [1.165, 1.54) is 6.07 Å². The molecule has 0 spiro atoms. The van der Waals surface area contributed by atoms with Crippen LogP contribution in [0.1, 0.15) is 18.9 Å². The third-order valence-corrected chi connectivity index (χ3v) is 3.58. The van der Waals surface area contributed by atoms with Gasteiger partial charge in [-0.1, -0.05) is 13.0 Å². The average molecular weight is 306 g/mol. The van der Waals surface area contributed by atoms with Gasteiger partial charge >= 0.3 is 0 Å². The van der Waals surface area contributed by atoms with Crippen molar-refractivity contribution in [2.45, 2.75) is 25.4 Å². The maximum Gasteiger partial charge on any atom is 0.137 e. The highest BCUT2D eigenvalue weighted by Gasteiger charge is 2.25. The van der Waals surface area contributed by atoms with E-state index in [1.807, 2.05) is 6.92 Å². The molecule has 0 bridgehead atoms. The van der Waals surface area contributed by atoms with Gasteiger partial charge in [0.2, 0.25) is 0 Å². The van der Waals surface area contributed by atoms with E-state index in [0.29, 0.717) is 17.4 Å². The first-order chi connectivity index (χ1) is 8.06. The SMILES string of the molecule is CCC(CO)(CO)NCc1ccc(Br)c(F)c1. The molecular weight excluding hydrogens is 289 g/mol. The van der Waals surface area contributed by atoms with Crippen molar-refractivity contribution in [3.05, 3.63) is 34.1 Å². The Kier molecular flexibility index (Phi) is 5.52. The van der Waals surface area contributed by atoms with E-state index in [-0.39, 0.29) is 19.0 Å². The minimum atomic E-state index is -0.705. The fourth-order valence-electron chi connectivity index (χ4n) is 1.45. The maximum atomic E-state index is 13.3. The van der Waals surface area contributed by atoms with Crippen LogP contribution < -0.4 is 5.32 Å². The summed E-state index contributed by atoms with van der Waals surface area (Å²) in [5, 5.41) is 21.6. The third-order valence-electron chi connectivity index (χ3n) is 2.93. The van der Waals surface area contributed by atoms with Gasteiger partial charge in [0.05, 0.1) is 23.2 Å². The van der Waals surface area contributed by atoms with Crippen LogP contribution in [0.15, 0.2) is 22.7 Å². The third kappa shape index (κ3) is 3.74. The van der Waals surface area contributed by atoms with Crippen molar-refractivity contribution >= 4 is 15.9 Å². The fourth-order valence-corrected chi connectivity index (χ4v) is 1.70. The molecule has 0 heterocycles. The molecule has 3 nitrogen and oxygen atoms in total. The first kappa shape index (κ1) is 14.6. The van der Waals surface area contributed by atoms with Gasteiger partial charge in [-0.2, -0.15) is 0 Å². The Hall–Kier alpha value is -0.490. The second-order valence-electron chi connectivity index (χ2n) is 4.05. The van der Waals surface area contributed by atoms with E-state index in [1.54, 1.807) is 12.1 Å². The van der Waals surface area contributed by atoms with Crippen molar-refractivity contribution < 1.29 is 14.6 Å². The summed E-state index contributed by atoms with van der Waals surface area (Å²) in [7, 11) is 0. The van der Waals surface area contributed by atoms with Crippen molar-refractivity contribution in [1.29, 1.82) is 0 Å². The molecule has 0 aliphatic carbocycles. The monoisotopic (exact) mass is 305 g/mol. The van der Waals surface area contributed by atoms with Gasteiger partial charge in [0.25, 0.3) is 0 Å². The molecule has 0 amide bonds. The van der Waals surface area contributed by atoms with Crippen LogP contribution in [-0.2, 0) is 6.54 Å². The number of hydrogen-bond donors (Lipinski definition) is 3. The van der Waals surface area contributed by atoms with Crippen LogP contribution in [0.4, 0.5) is 4.39 Å². The highest BCUT2D eigenvalue weighted by molar-refractivity contribution is 9.10. The minimum absolute atomic E-state index is 0.154. The van der Waals surface area contributed by atoms with Crippen molar-refractivity contribution in [3.63, 3.8) is 0 Å². The molecule has 0 aromatic heterocycles. The minimum Gasteiger partial charge on any atom is -0.394 e. The lowest BCUT2D eigenvalue weighted by atomic mass is 9.98. The fraction of sp³-hybridized carbons (Fsp3) is 0.500. The largest absolute Gasteiger partial charge is 0.394 e. The molecule has 0 atom stereocenters. The van der Waals surface area contributed by atoms with E-state index in [9.17, 15) is 14.6 Å². The van der Waals surface area contributed by atoms with Gasteiger partial charge in [0.1, 0.15) is 5.82 Å². The van der Waals surface area contributed by atoms with E-state index >= 15 is 0 Å². The maximum absolute atomic E-state index is 13.3. The molecular formula is C12H17BrFNO2. The van der Waals surface area contributed by atoms with Gasteiger partial charge in [-0.05, 0) is 40.0 Å². The molecule has 0 saturated carbocycles. The van der Waals surface area contributed by atoms with Crippen molar-refractivity contribution in [1.82, 2.24) is 5.32 Å². The summed E-state index contributed by atoms with van der Waals surface area (Å²) in [6.07, 6.45) is 0.596. The van der Waals surface area contributed by atoms with Gasteiger partial charge in [0.15, 0.2) is 0 Å². The normalized spacial score (nSPS) is 11.8. The first-order valence-corrected chi connectivity index (χ1v) is 6.27. The molecule has 0 aliphatic rings. The molecule has 3 N–H and O–H groups in total. The molecule has 0 unspecified atom stereocenters. The lowest BCUT2D eigenvalue weighted by Crippen LogP contribution is -2.50. The number of aliphatic hydroxyl groups excluding tert-OH is 2. The Morgan fingerprint density at radius 1 is 1.35 bits per heavy atom. The zero-order valence-corrected chi connectivity index (χ0v) is 11.3. The Bertz CT molecular complexity index is 361. The van der Waals surface area contributed by atoms with Crippen molar-refractivity contribution in [3.8, 4) is 0 Å².